The normalized spacial score (nSPS) is 31.8. The van der Waals surface area contributed by atoms with E-state index < -0.39 is 65.0 Å². The number of ether oxygens (including phenoxy) is 4. The van der Waals surface area contributed by atoms with E-state index >= 15 is 0 Å². The summed E-state index contributed by atoms with van der Waals surface area (Å²) in [7, 11) is 0. The minimum atomic E-state index is -0.910. The first kappa shape index (κ1) is 67.2. The quantitative estimate of drug-likeness (QED) is 0.178. The average molecular weight is 1300 g/mol. The summed E-state index contributed by atoms with van der Waals surface area (Å²) in [6, 6.07) is 7.36. The van der Waals surface area contributed by atoms with Crippen LogP contribution in [0.15, 0.2) is 36.4 Å². The number of nitrogens with zero attached hydrogens (tertiary/aromatic N) is 6. The summed E-state index contributed by atoms with van der Waals surface area (Å²) in [5.41, 5.74) is 2.40. The smallest absolute Gasteiger partial charge is 0.408 e. The molecule has 2 N–H and O–H groups in total. The van der Waals surface area contributed by atoms with Crippen LogP contribution < -0.4 is 20.1 Å². The fourth-order valence-electron chi connectivity index (χ4n) is 14.0. The van der Waals surface area contributed by atoms with Crippen LogP contribution in [0, 0.1) is 46.3 Å². The van der Waals surface area contributed by atoms with Crippen LogP contribution in [0.4, 0.5) is 9.59 Å². The first-order chi connectivity index (χ1) is 39.9. The molecule has 11 rings (SSSR count). The average Bonchev–Trinajstić information content (AvgIpc) is 1.72. The van der Waals surface area contributed by atoms with E-state index in [0.717, 1.165) is 99.5 Å². The molecule has 18 nitrogen and oxygen atoms in total. The zero-order chi connectivity index (χ0) is 60.0. The van der Waals surface area contributed by atoms with Crippen LogP contribution in [0.3, 0.4) is 0 Å². The molecule has 6 heterocycles. The predicted octanol–water partition coefficient (Wildman–Crippen LogP) is 11.1. The van der Waals surface area contributed by atoms with Gasteiger partial charge in [-0.2, -0.15) is 0 Å². The van der Waals surface area contributed by atoms with E-state index in [1.165, 1.54) is 16.2 Å². The summed E-state index contributed by atoms with van der Waals surface area (Å²) in [6.45, 7) is 17.4. The van der Waals surface area contributed by atoms with E-state index in [-0.39, 0.29) is 85.9 Å². The topological polar surface area (TPSA) is 221 Å². The van der Waals surface area contributed by atoms with E-state index in [1.807, 2.05) is 74.4 Å². The van der Waals surface area contributed by atoms with Crippen LogP contribution in [0.1, 0.15) is 157 Å². The Kier molecular flexibility index (Phi) is 21.6. The van der Waals surface area contributed by atoms with Gasteiger partial charge in [-0.25, -0.2) is 42.1 Å². The summed E-state index contributed by atoms with van der Waals surface area (Å²) < 4.78 is 25.0. The third-order valence-corrected chi connectivity index (χ3v) is 19.6. The molecule has 3 aliphatic carbocycles. The van der Waals surface area contributed by atoms with Gasteiger partial charge >= 0.3 is 12.2 Å². The number of carbonyl (C=O) groups is 4. The fourth-order valence-corrected chi connectivity index (χ4v) is 14.4. The molecule has 86 heavy (non-hydrogen) atoms. The van der Waals surface area contributed by atoms with Gasteiger partial charge in [-0.05, 0) is 160 Å². The zero-order valence-corrected chi connectivity index (χ0v) is 55.2. The second kappa shape index (κ2) is 27.6. The van der Waals surface area contributed by atoms with E-state index in [9.17, 15) is 28.8 Å². The Morgan fingerprint density at radius 3 is 1.55 bits per heavy atom. The minimum absolute atomic E-state index is 0. The van der Waals surface area contributed by atoms with Crippen molar-refractivity contribution in [3.05, 3.63) is 57.8 Å². The number of aromatic nitrogens is 4. The molecule has 2 aromatic carbocycles. The minimum Gasteiger partial charge on any atom is -0.540 e. The number of benzene rings is 2. The number of rotatable bonds is 2. The molecule has 3 saturated carbocycles. The Hall–Kier alpha value is -4.71. The Labute approximate surface area is 539 Å². The van der Waals surface area contributed by atoms with Crippen LogP contribution in [-0.4, -0.2) is 127 Å². The summed E-state index contributed by atoms with van der Waals surface area (Å²) in [4.78, 5) is 101. The first-order valence-electron chi connectivity index (χ1n) is 30.5. The molecular formula is C64H82Cl2N8O10V2-2. The Morgan fingerprint density at radius 1 is 0.581 bits per heavy atom. The fraction of sp³-hybridized carbons (Fsp3) is 0.656. The van der Waals surface area contributed by atoms with Crippen molar-refractivity contribution in [1.82, 2.24) is 40.4 Å². The molecule has 4 aliphatic heterocycles. The van der Waals surface area contributed by atoms with Crippen molar-refractivity contribution in [3.63, 3.8) is 0 Å². The van der Waals surface area contributed by atoms with Gasteiger partial charge < -0.3 is 49.0 Å². The molecule has 7 aliphatic rings. The molecular weight excluding hydrogens is 1210 g/mol. The number of fused-ring (bicyclic) bond motifs is 12. The third kappa shape index (κ3) is 14.8. The van der Waals surface area contributed by atoms with Gasteiger partial charge in [0.25, 0.3) is 0 Å². The Balaban J connectivity index is 0.000000218. The van der Waals surface area contributed by atoms with Gasteiger partial charge in [0.2, 0.25) is 23.6 Å². The van der Waals surface area contributed by atoms with Crippen LogP contribution in [-0.2, 0) is 78.6 Å². The van der Waals surface area contributed by atoms with Gasteiger partial charge in [0.15, 0.2) is 0 Å². The van der Waals surface area contributed by atoms with Crippen molar-refractivity contribution >= 4 is 81.8 Å². The predicted molar refractivity (Wildman–Crippen MR) is 318 cm³/mol. The molecule has 4 aromatic rings. The Morgan fingerprint density at radius 2 is 1.06 bits per heavy atom. The maximum Gasteiger partial charge on any atom is 0.408 e. The largest absolute Gasteiger partial charge is 0.540 e. The molecule has 4 bridgehead atoms. The molecule has 14 atom stereocenters. The number of amides is 4. The molecule has 2 aromatic heterocycles. The van der Waals surface area contributed by atoms with Gasteiger partial charge in [0, 0.05) is 47.2 Å². The van der Waals surface area contributed by atoms with Crippen molar-refractivity contribution in [2.24, 2.45) is 46.3 Å². The number of hydrogen-bond donors (Lipinski definition) is 2. The van der Waals surface area contributed by atoms with Crippen molar-refractivity contribution in [3.8, 4) is 11.8 Å². The molecule has 22 heteroatoms. The van der Waals surface area contributed by atoms with Crippen molar-refractivity contribution in [2.45, 2.75) is 207 Å². The monoisotopic (exact) mass is 1290 g/mol. The second-order valence-corrected chi connectivity index (χ2v) is 28.1. The SMILES string of the molecule is C[C@@H]1[C@@H]2CN(C(=O)[C@H](C(C)(C)C)NC(=O)O[C@@H]3CC4CC4[C@H]3CCCCCc3nc4ccc(Cl)cc4nc3O2)[C@@H]1[C-]=O.C[C@@H]1[C@@H]2CN(C(=O)[C@H](C(C)(C)C)NC(=O)O[C@]3(C)CCC[C@H]3CCCCCc3nc4ccc(Cl)cc4nc3O2)[C@@H]1[C-]=O.[V].[V]. The van der Waals surface area contributed by atoms with Crippen molar-refractivity contribution in [1.29, 1.82) is 0 Å². The number of aryl methyl sites for hydroxylation is 2. The number of hydrogen-bond acceptors (Lipinski definition) is 14. The molecule has 2 saturated heterocycles. The van der Waals surface area contributed by atoms with Crippen LogP contribution in [0.25, 0.3) is 22.1 Å². The maximum atomic E-state index is 14.0. The summed E-state index contributed by atoms with van der Waals surface area (Å²) in [5.74, 6) is 1.25. The second-order valence-electron chi connectivity index (χ2n) is 27.2. The van der Waals surface area contributed by atoms with E-state index in [0.29, 0.717) is 63.4 Å². The van der Waals surface area contributed by atoms with Crippen molar-refractivity contribution in [2.75, 3.05) is 13.1 Å². The van der Waals surface area contributed by atoms with Gasteiger partial charge in [0.1, 0.15) is 47.4 Å². The maximum absolute atomic E-state index is 14.0. The van der Waals surface area contributed by atoms with Crippen LogP contribution in [0.2, 0.25) is 10.0 Å². The molecule has 4 amide bonds. The Bertz CT molecular complexity index is 3050. The summed E-state index contributed by atoms with van der Waals surface area (Å²) >= 11 is 12.5. The third-order valence-electron chi connectivity index (χ3n) is 19.1. The number of alkyl carbamates (subject to hydrolysis) is 2. The van der Waals surface area contributed by atoms with Gasteiger partial charge in [0.05, 0.1) is 35.2 Å². The number of carbonyl (C=O) groups excluding carboxylic acids is 6. The van der Waals surface area contributed by atoms with E-state index in [4.69, 9.17) is 62.1 Å². The number of halogens is 2. The molecule has 464 valence electrons. The van der Waals surface area contributed by atoms with Crippen molar-refractivity contribution < 1.29 is 84.8 Å². The first-order valence-corrected chi connectivity index (χ1v) is 31.3. The van der Waals surface area contributed by atoms with E-state index in [2.05, 4.69) is 23.2 Å². The van der Waals surface area contributed by atoms with Crippen LogP contribution in [0.5, 0.6) is 11.8 Å². The van der Waals surface area contributed by atoms with Gasteiger partial charge in [-0.3, -0.25) is 9.59 Å². The number of nitrogens with one attached hydrogen (secondary N) is 2. The zero-order valence-electron chi connectivity index (χ0n) is 50.9. The molecule has 5 fully saturated rings. The standard InChI is InChI=1S/C32H40ClN4O5.C32H42ClN4O5.2V/c1-17-25(16-38)37-15-27(17)41-29-23(34-22-11-10-19(33)14-24(22)35-29)9-7-5-6-8-20-21-12-18(21)13-26(20)42-31(40)36-28(30(37)39)32(2,3)4;1-19-25(18-38)37-17-26(19)41-28-23(34-22-14-13-21(33)16-24(22)35-28)12-8-6-7-10-20-11-9-15-32(20,5)42-30(40)36-27(29(37)39)31(2,3)4;;/h10-11,14,17-18,20-21,25-28H,5-9,12-13,15H2,1-4H3,(H,36,40);13-14,16,19-20,25-27H,6-12,15,17H2,1-5H3,(H,36,40);;/q2*-1;;/t17-,18?,20+,21?,25+,26+,27-,28+;19-,20+,25+,26-,27+,32+;;/m00../s1. The summed E-state index contributed by atoms with van der Waals surface area (Å²) in [5, 5.41) is 6.86. The van der Waals surface area contributed by atoms with Gasteiger partial charge in [-0.15, -0.1) is 0 Å². The van der Waals surface area contributed by atoms with E-state index in [1.54, 1.807) is 24.3 Å². The molecule has 2 radical (unpaired) electrons. The molecule has 2 unspecified atom stereocenters. The molecule has 0 spiro atoms. The summed E-state index contributed by atoms with van der Waals surface area (Å²) in [6.07, 6.45) is 15.9. The van der Waals surface area contributed by atoms with Gasteiger partial charge in [-0.1, -0.05) is 116 Å². The van der Waals surface area contributed by atoms with Crippen LogP contribution >= 0.6 is 23.2 Å².